The van der Waals surface area contributed by atoms with Gasteiger partial charge in [-0.15, -0.1) is 0 Å². The van der Waals surface area contributed by atoms with Gasteiger partial charge in [0.25, 0.3) is 0 Å². The zero-order chi connectivity index (χ0) is 14.2. The molecule has 100 valence electrons. The standard InChI is InChI=1S/C10H8N2.C7H9N/c1-3-7-11-9(5-1)10-6-2-4-8-12-10;1-6-3-4-8-5-7(6)2/h1-8H;3-5H,1-2H3. The summed E-state index contributed by atoms with van der Waals surface area (Å²) >= 11 is 0. The SMILES string of the molecule is Cc1ccncc1C.c1ccc(-c2ccccn2)nc1. The molecule has 0 radical (unpaired) electrons. The normalized spacial score (nSPS) is 9.50. The van der Waals surface area contributed by atoms with Gasteiger partial charge >= 0.3 is 0 Å². The molecule has 3 heterocycles. The average Bonchev–Trinajstić information content (AvgIpc) is 2.53. The van der Waals surface area contributed by atoms with Crippen molar-refractivity contribution in [1.29, 1.82) is 0 Å². The molecule has 3 aromatic heterocycles. The van der Waals surface area contributed by atoms with Crippen LogP contribution in [0.3, 0.4) is 0 Å². The van der Waals surface area contributed by atoms with Crippen LogP contribution < -0.4 is 0 Å². The van der Waals surface area contributed by atoms with E-state index < -0.39 is 0 Å². The van der Waals surface area contributed by atoms with Crippen molar-refractivity contribution in [3.05, 3.63) is 78.4 Å². The molecule has 0 aromatic carbocycles. The molecule has 3 rings (SSSR count). The first kappa shape index (κ1) is 13.9. The van der Waals surface area contributed by atoms with Gasteiger partial charge in [0.15, 0.2) is 0 Å². The molecule has 0 fully saturated rings. The Balaban J connectivity index is 0.000000160. The summed E-state index contributed by atoms with van der Waals surface area (Å²) in [6.45, 7) is 4.14. The summed E-state index contributed by atoms with van der Waals surface area (Å²) in [5.41, 5.74) is 4.39. The summed E-state index contributed by atoms with van der Waals surface area (Å²) in [5.74, 6) is 0. The second-order valence-corrected chi connectivity index (χ2v) is 4.39. The molecule has 0 atom stereocenters. The number of pyridine rings is 3. The maximum Gasteiger partial charge on any atom is 0.0886 e. The quantitative estimate of drug-likeness (QED) is 0.669. The maximum atomic E-state index is 4.19. The summed E-state index contributed by atoms with van der Waals surface area (Å²) in [7, 11) is 0. The average molecular weight is 263 g/mol. The van der Waals surface area contributed by atoms with Crippen molar-refractivity contribution >= 4 is 0 Å². The Morgan fingerprint density at radius 2 is 1.25 bits per heavy atom. The Bertz CT molecular complexity index is 578. The number of nitrogens with zero attached hydrogens (tertiary/aromatic N) is 3. The Morgan fingerprint density at radius 1 is 0.650 bits per heavy atom. The van der Waals surface area contributed by atoms with Gasteiger partial charge in [0.05, 0.1) is 11.4 Å². The smallest absolute Gasteiger partial charge is 0.0886 e. The van der Waals surface area contributed by atoms with Crippen LogP contribution in [-0.2, 0) is 0 Å². The van der Waals surface area contributed by atoms with Gasteiger partial charge in [-0.2, -0.15) is 0 Å². The van der Waals surface area contributed by atoms with Crippen LogP contribution in [0.15, 0.2) is 67.3 Å². The number of hydrogen-bond acceptors (Lipinski definition) is 3. The van der Waals surface area contributed by atoms with E-state index in [0.717, 1.165) is 11.4 Å². The molecule has 0 bridgehead atoms. The van der Waals surface area contributed by atoms with Gasteiger partial charge in [-0.25, -0.2) is 0 Å². The van der Waals surface area contributed by atoms with E-state index >= 15 is 0 Å². The molecule has 0 unspecified atom stereocenters. The lowest BCUT2D eigenvalue weighted by Crippen LogP contribution is -1.83. The lowest BCUT2D eigenvalue weighted by molar-refractivity contribution is 1.22. The van der Waals surface area contributed by atoms with Gasteiger partial charge in [-0.1, -0.05) is 12.1 Å². The second-order valence-electron chi connectivity index (χ2n) is 4.39. The Morgan fingerprint density at radius 3 is 1.60 bits per heavy atom. The predicted octanol–water partition coefficient (Wildman–Crippen LogP) is 3.84. The van der Waals surface area contributed by atoms with Crippen LogP contribution in [0.1, 0.15) is 11.1 Å². The van der Waals surface area contributed by atoms with E-state index in [1.807, 2.05) is 54.9 Å². The monoisotopic (exact) mass is 263 g/mol. The lowest BCUT2D eigenvalue weighted by Gasteiger charge is -1.96. The first-order chi connectivity index (χ1) is 9.77. The van der Waals surface area contributed by atoms with Crippen LogP contribution in [0, 0.1) is 13.8 Å². The van der Waals surface area contributed by atoms with Crippen molar-refractivity contribution in [2.24, 2.45) is 0 Å². The molecular formula is C17H17N3. The molecule has 3 aromatic rings. The minimum atomic E-state index is 0.915. The third kappa shape index (κ3) is 3.99. The first-order valence-corrected chi connectivity index (χ1v) is 6.47. The van der Waals surface area contributed by atoms with Crippen LogP contribution in [0.25, 0.3) is 11.4 Å². The second kappa shape index (κ2) is 7.14. The van der Waals surface area contributed by atoms with E-state index in [1.165, 1.54) is 11.1 Å². The number of hydrogen-bond donors (Lipinski definition) is 0. The van der Waals surface area contributed by atoms with Gasteiger partial charge in [0.2, 0.25) is 0 Å². The fraction of sp³-hybridized carbons (Fsp3) is 0.118. The molecule has 0 aliphatic rings. The van der Waals surface area contributed by atoms with E-state index in [1.54, 1.807) is 12.4 Å². The van der Waals surface area contributed by atoms with Gasteiger partial charge in [0.1, 0.15) is 0 Å². The fourth-order valence-electron chi connectivity index (χ4n) is 1.57. The van der Waals surface area contributed by atoms with Crippen molar-refractivity contribution < 1.29 is 0 Å². The van der Waals surface area contributed by atoms with Crippen LogP contribution in [0.4, 0.5) is 0 Å². The minimum absolute atomic E-state index is 0.915. The van der Waals surface area contributed by atoms with E-state index in [9.17, 15) is 0 Å². The van der Waals surface area contributed by atoms with E-state index in [2.05, 4.69) is 28.8 Å². The van der Waals surface area contributed by atoms with Gasteiger partial charge < -0.3 is 0 Å². The zero-order valence-electron chi connectivity index (χ0n) is 11.7. The van der Waals surface area contributed by atoms with Crippen LogP contribution in [0.5, 0.6) is 0 Å². The lowest BCUT2D eigenvalue weighted by atomic mass is 10.2. The van der Waals surface area contributed by atoms with Gasteiger partial charge in [-0.3, -0.25) is 15.0 Å². The minimum Gasteiger partial charge on any atom is -0.264 e. The molecule has 0 saturated carbocycles. The summed E-state index contributed by atoms with van der Waals surface area (Å²) < 4.78 is 0. The maximum absolute atomic E-state index is 4.19. The van der Waals surface area contributed by atoms with Crippen LogP contribution >= 0.6 is 0 Å². The molecule has 0 spiro atoms. The van der Waals surface area contributed by atoms with Crippen molar-refractivity contribution in [3.8, 4) is 11.4 Å². The predicted molar refractivity (Wildman–Crippen MR) is 81.2 cm³/mol. The number of rotatable bonds is 1. The topological polar surface area (TPSA) is 38.7 Å². The molecular weight excluding hydrogens is 246 g/mol. The number of aromatic nitrogens is 3. The van der Waals surface area contributed by atoms with E-state index in [-0.39, 0.29) is 0 Å². The Hall–Kier alpha value is -2.55. The highest BCUT2D eigenvalue weighted by Crippen LogP contribution is 2.10. The van der Waals surface area contributed by atoms with E-state index in [0.29, 0.717) is 0 Å². The summed E-state index contributed by atoms with van der Waals surface area (Å²) in [6.07, 6.45) is 7.21. The Labute approximate surface area is 119 Å². The largest absolute Gasteiger partial charge is 0.264 e. The van der Waals surface area contributed by atoms with E-state index in [4.69, 9.17) is 0 Å². The van der Waals surface area contributed by atoms with Crippen molar-refractivity contribution in [3.63, 3.8) is 0 Å². The first-order valence-electron chi connectivity index (χ1n) is 6.47. The summed E-state index contributed by atoms with van der Waals surface area (Å²) in [5, 5.41) is 0. The molecule has 20 heavy (non-hydrogen) atoms. The molecule has 0 N–H and O–H groups in total. The summed E-state index contributed by atoms with van der Waals surface area (Å²) in [4.78, 5) is 12.3. The highest BCUT2D eigenvalue weighted by atomic mass is 14.7. The highest BCUT2D eigenvalue weighted by molar-refractivity contribution is 5.52. The third-order valence-corrected chi connectivity index (χ3v) is 2.89. The molecule has 0 aliphatic heterocycles. The molecule has 0 amide bonds. The van der Waals surface area contributed by atoms with Crippen molar-refractivity contribution in [2.75, 3.05) is 0 Å². The summed E-state index contributed by atoms with van der Waals surface area (Å²) in [6, 6.07) is 13.6. The zero-order valence-corrected chi connectivity index (χ0v) is 11.7. The van der Waals surface area contributed by atoms with Gasteiger partial charge in [0, 0.05) is 24.8 Å². The van der Waals surface area contributed by atoms with Crippen molar-refractivity contribution in [2.45, 2.75) is 13.8 Å². The highest BCUT2D eigenvalue weighted by Gasteiger charge is 1.95. The molecule has 3 heteroatoms. The molecule has 0 aliphatic carbocycles. The number of aryl methyl sites for hydroxylation is 2. The third-order valence-electron chi connectivity index (χ3n) is 2.89. The Kier molecular flexibility index (Phi) is 4.95. The van der Waals surface area contributed by atoms with Gasteiger partial charge in [-0.05, 0) is 55.3 Å². The fourth-order valence-corrected chi connectivity index (χ4v) is 1.57. The van der Waals surface area contributed by atoms with Crippen molar-refractivity contribution in [1.82, 2.24) is 15.0 Å². The van der Waals surface area contributed by atoms with Crippen LogP contribution in [0.2, 0.25) is 0 Å². The molecule has 3 nitrogen and oxygen atoms in total. The van der Waals surface area contributed by atoms with Crippen LogP contribution in [-0.4, -0.2) is 15.0 Å². The molecule has 0 saturated heterocycles.